The molecular formula is C32H35Cl2N3O5. The van der Waals surface area contributed by atoms with Crippen LogP contribution in [0.25, 0.3) is 0 Å². The average Bonchev–Trinajstić information content (AvgIpc) is 3.46. The molecule has 0 unspecified atom stereocenters. The van der Waals surface area contributed by atoms with Gasteiger partial charge in [0.25, 0.3) is 5.91 Å². The Morgan fingerprint density at radius 1 is 0.905 bits per heavy atom. The summed E-state index contributed by atoms with van der Waals surface area (Å²) in [6.07, 6.45) is 1.85. The van der Waals surface area contributed by atoms with Crippen molar-refractivity contribution in [3.05, 3.63) is 93.5 Å². The Kier molecular flexibility index (Phi) is 8.99. The molecule has 8 nitrogen and oxygen atoms in total. The fraction of sp³-hybridized carbons (Fsp3) is 0.375. The fourth-order valence-electron chi connectivity index (χ4n) is 6.13. The van der Waals surface area contributed by atoms with Crippen molar-refractivity contribution < 1.29 is 23.8 Å². The van der Waals surface area contributed by atoms with Gasteiger partial charge in [0, 0.05) is 6.54 Å². The van der Waals surface area contributed by atoms with Crippen molar-refractivity contribution >= 4 is 35.0 Å². The van der Waals surface area contributed by atoms with Crippen molar-refractivity contribution in [1.82, 2.24) is 9.80 Å². The number of methoxy groups -OCH3 is 2. The Bertz CT molecular complexity index is 1420. The first kappa shape index (κ1) is 30.2. The first-order valence-electron chi connectivity index (χ1n) is 13.9. The molecule has 0 aromatic heterocycles. The molecule has 1 atom stereocenters. The van der Waals surface area contributed by atoms with Gasteiger partial charge in [-0.05, 0) is 67.7 Å². The van der Waals surface area contributed by atoms with E-state index in [9.17, 15) is 9.59 Å². The van der Waals surface area contributed by atoms with Gasteiger partial charge < -0.3 is 29.7 Å². The van der Waals surface area contributed by atoms with Crippen LogP contribution in [0, 0.1) is 0 Å². The number of benzene rings is 3. The van der Waals surface area contributed by atoms with E-state index in [0.717, 1.165) is 11.1 Å². The maximum atomic E-state index is 13.8. The first-order chi connectivity index (χ1) is 20.2. The van der Waals surface area contributed by atoms with Gasteiger partial charge in [0.2, 0.25) is 5.91 Å². The highest BCUT2D eigenvalue weighted by atomic mass is 35.5. The monoisotopic (exact) mass is 611 g/mol. The largest absolute Gasteiger partial charge is 0.496 e. The summed E-state index contributed by atoms with van der Waals surface area (Å²) in [4.78, 5) is 30.4. The smallest absolute Gasteiger partial charge is 0.263 e. The van der Waals surface area contributed by atoms with Crippen LogP contribution in [0.4, 0.5) is 0 Å². The SMILES string of the molecule is COc1cccc(OC)c1C(=O)N1CO[C@](CCN2CCC(C(N)=O)(c3ccccc3)CC2)(c2ccc(Cl)c(Cl)c2)C1. The first-order valence-corrected chi connectivity index (χ1v) is 14.7. The van der Waals surface area contributed by atoms with E-state index in [0.29, 0.717) is 72.5 Å². The minimum absolute atomic E-state index is 0.0824. The van der Waals surface area contributed by atoms with E-state index in [1.807, 2.05) is 42.5 Å². The zero-order valence-corrected chi connectivity index (χ0v) is 25.3. The average molecular weight is 613 g/mol. The van der Waals surface area contributed by atoms with E-state index in [-0.39, 0.29) is 18.5 Å². The normalized spacial score (nSPS) is 20.3. The molecule has 3 aromatic rings. The minimum atomic E-state index is -0.823. The highest BCUT2D eigenvalue weighted by Gasteiger charge is 2.46. The fourth-order valence-corrected chi connectivity index (χ4v) is 6.43. The molecule has 2 amide bonds. The van der Waals surface area contributed by atoms with Crippen LogP contribution in [-0.2, 0) is 20.5 Å². The number of ether oxygens (including phenoxy) is 3. The third kappa shape index (κ3) is 5.69. The number of halogens is 2. The lowest BCUT2D eigenvalue weighted by atomic mass is 9.72. The number of hydrogen-bond acceptors (Lipinski definition) is 6. The highest BCUT2D eigenvalue weighted by molar-refractivity contribution is 6.42. The maximum Gasteiger partial charge on any atom is 0.263 e. The van der Waals surface area contributed by atoms with Crippen LogP contribution in [-0.4, -0.2) is 68.7 Å². The number of amides is 2. The third-order valence-corrected chi connectivity index (χ3v) is 9.40. The second-order valence-electron chi connectivity index (χ2n) is 10.8. The number of likely N-dealkylation sites (tertiary alicyclic amines) is 1. The summed E-state index contributed by atoms with van der Waals surface area (Å²) in [7, 11) is 3.05. The second-order valence-corrected chi connectivity index (χ2v) is 11.7. The van der Waals surface area contributed by atoms with Crippen LogP contribution in [0.2, 0.25) is 10.0 Å². The summed E-state index contributed by atoms with van der Waals surface area (Å²) in [5, 5.41) is 0.861. The standard InChI is InChI=1S/C32H35Cl2N3O5/c1-40-26-9-6-10-27(41-2)28(26)29(38)37-20-32(42-21-37,23-11-12-24(33)25(34)19-23)15-18-36-16-13-31(14-17-36,30(35)39)22-7-4-3-5-8-22/h3-12,19H,13-18,20-21H2,1-2H3,(H2,35,39)/t32-/m0/s1. The molecule has 0 radical (unpaired) electrons. The topological polar surface area (TPSA) is 94.3 Å². The van der Waals surface area contributed by atoms with Crippen LogP contribution in [0.5, 0.6) is 11.5 Å². The number of primary amides is 1. The van der Waals surface area contributed by atoms with Gasteiger partial charge in [-0.3, -0.25) is 9.59 Å². The number of nitrogens with two attached hydrogens (primary N) is 1. The van der Waals surface area contributed by atoms with Gasteiger partial charge in [0.1, 0.15) is 29.4 Å². The molecule has 0 spiro atoms. The van der Waals surface area contributed by atoms with Crippen LogP contribution >= 0.6 is 23.2 Å². The van der Waals surface area contributed by atoms with Crippen LogP contribution in [0.1, 0.15) is 40.7 Å². The van der Waals surface area contributed by atoms with Crippen LogP contribution in [0.15, 0.2) is 66.7 Å². The molecule has 3 aromatic carbocycles. The molecule has 2 aliphatic rings. The van der Waals surface area contributed by atoms with Crippen LogP contribution in [0.3, 0.4) is 0 Å². The van der Waals surface area contributed by atoms with Crippen molar-refractivity contribution in [2.75, 3.05) is 47.1 Å². The van der Waals surface area contributed by atoms with E-state index in [1.54, 1.807) is 29.2 Å². The number of carbonyl (C=O) groups is 2. The summed E-state index contributed by atoms with van der Waals surface area (Å²) in [5.74, 6) is 0.311. The molecule has 2 fully saturated rings. The summed E-state index contributed by atoms with van der Waals surface area (Å²) in [6, 6.07) is 20.5. The Morgan fingerprint density at radius 2 is 1.57 bits per heavy atom. The lowest BCUT2D eigenvalue weighted by molar-refractivity contribution is -0.125. The van der Waals surface area contributed by atoms with Gasteiger partial charge in [-0.25, -0.2) is 0 Å². The molecule has 2 N–H and O–H groups in total. The molecule has 0 aliphatic carbocycles. The Hall–Kier alpha value is -3.30. The second kappa shape index (κ2) is 12.5. The van der Waals surface area contributed by atoms with E-state index in [4.69, 9.17) is 43.1 Å². The zero-order valence-electron chi connectivity index (χ0n) is 23.8. The Labute approximate surface area is 256 Å². The maximum absolute atomic E-state index is 13.8. The van der Waals surface area contributed by atoms with Crippen molar-refractivity contribution in [2.45, 2.75) is 30.3 Å². The highest BCUT2D eigenvalue weighted by Crippen LogP contribution is 2.41. The van der Waals surface area contributed by atoms with Gasteiger partial charge >= 0.3 is 0 Å². The van der Waals surface area contributed by atoms with Crippen molar-refractivity contribution in [3.8, 4) is 11.5 Å². The quantitative estimate of drug-likeness (QED) is 0.355. The van der Waals surface area contributed by atoms with E-state index < -0.39 is 11.0 Å². The molecule has 2 aliphatic heterocycles. The summed E-state index contributed by atoms with van der Waals surface area (Å²) >= 11 is 12.7. The molecule has 0 saturated carbocycles. The van der Waals surface area contributed by atoms with Crippen molar-refractivity contribution in [3.63, 3.8) is 0 Å². The molecule has 2 heterocycles. The number of rotatable bonds is 9. The van der Waals surface area contributed by atoms with E-state index >= 15 is 0 Å². The molecular weight excluding hydrogens is 577 g/mol. The minimum Gasteiger partial charge on any atom is -0.496 e. The summed E-state index contributed by atoms with van der Waals surface area (Å²) in [6.45, 7) is 2.48. The summed E-state index contributed by atoms with van der Waals surface area (Å²) < 4.78 is 17.5. The molecule has 10 heteroatoms. The summed E-state index contributed by atoms with van der Waals surface area (Å²) in [5.41, 5.74) is 6.60. The van der Waals surface area contributed by atoms with Gasteiger partial charge in [-0.15, -0.1) is 0 Å². The zero-order chi connectivity index (χ0) is 29.9. The molecule has 222 valence electrons. The number of carbonyl (C=O) groups excluding carboxylic acids is 2. The van der Waals surface area contributed by atoms with Gasteiger partial charge in [-0.1, -0.05) is 65.7 Å². The van der Waals surface area contributed by atoms with E-state index in [2.05, 4.69) is 4.90 Å². The van der Waals surface area contributed by atoms with Crippen molar-refractivity contribution in [2.24, 2.45) is 5.73 Å². The van der Waals surface area contributed by atoms with Crippen LogP contribution < -0.4 is 15.2 Å². The van der Waals surface area contributed by atoms with Gasteiger partial charge in [0.15, 0.2) is 0 Å². The Morgan fingerprint density at radius 3 is 2.17 bits per heavy atom. The molecule has 2 saturated heterocycles. The Balaban J connectivity index is 1.37. The molecule has 0 bridgehead atoms. The predicted octanol–water partition coefficient (Wildman–Crippen LogP) is 5.25. The number of piperidine rings is 1. The molecule has 5 rings (SSSR count). The van der Waals surface area contributed by atoms with Crippen molar-refractivity contribution in [1.29, 1.82) is 0 Å². The third-order valence-electron chi connectivity index (χ3n) is 8.66. The van der Waals surface area contributed by atoms with Gasteiger partial charge in [0.05, 0.1) is 36.2 Å². The number of nitrogens with zero attached hydrogens (tertiary/aromatic N) is 2. The molecule has 42 heavy (non-hydrogen) atoms. The van der Waals surface area contributed by atoms with Gasteiger partial charge in [-0.2, -0.15) is 0 Å². The number of hydrogen-bond donors (Lipinski definition) is 1. The lowest BCUT2D eigenvalue weighted by Crippen LogP contribution is -2.50. The lowest BCUT2D eigenvalue weighted by Gasteiger charge is -2.41. The van der Waals surface area contributed by atoms with E-state index in [1.165, 1.54) is 14.2 Å². The predicted molar refractivity (Wildman–Crippen MR) is 162 cm³/mol.